The first-order valence-corrected chi connectivity index (χ1v) is 6.47. The fourth-order valence-corrected chi connectivity index (χ4v) is 2.18. The van der Waals surface area contributed by atoms with Crippen LogP contribution in [0.2, 0.25) is 0 Å². The van der Waals surface area contributed by atoms with Crippen molar-refractivity contribution in [3.05, 3.63) is 23.9 Å². The van der Waals surface area contributed by atoms with Gasteiger partial charge in [0.1, 0.15) is 5.03 Å². The predicted molar refractivity (Wildman–Crippen MR) is 72.1 cm³/mol. The molecular weight excluding hydrogens is 315 g/mol. The van der Waals surface area contributed by atoms with Gasteiger partial charge in [0.05, 0.1) is 5.56 Å². The minimum absolute atomic E-state index is 0. The number of rotatable bonds is 4. The molecule has 1 saturated heterocycles. The summed E-state index contributed by atoms with van der Waals surface area (Å²) in [5, 5.41) is 5.36. The number of hydrogen-bond donors (Lipinski definition) is 2. The molecule has 0 aliphatic carbocycles. The van der Waals surface area contributed by atoms with E-state index in [1.54, 1.807) is 0 Å². The number of alkyl halides is 3. The molecule has 2 N–H and O–H groups in total. The van der Waals surface area contributed by atoms with Gasteiger partial charge in [0.2, 0.25) is 0 Å². The third-order valence-electron chi connectivity index (χ3n) is 2.65. The molecule has 0 spiro atoms. The zero-order valence-corrected chi connectivity index (χ0v) is 11.9. The van der Waals surface area contributed by atoms with Gasteiger partial charge in [-0.15, -0.1) is 12.4 Å². The smallest absolute Gasteiger partial charge is 0.352 e. The second-order valence-electron chi connectivity index (χ2n) is 4.14. The number of thioether (sulfide) groups is 1. The minimum Gasteiger partial charge on any atom is -0.352 e. The monoisotopic (exact) mass is 327 g/mol. The second kappa shape index (κ2) is 7.14. The molecule has 2 heterocycles. The van der Waals surface area contributed by atoms with E-state index in [-0.39, 0.29) is 34.8 Å². The normalized spacial score (nSPS) is 15.2. The van der Waals surface area contributed by atoms with Gasteiger partial charge in [-0.1, -0.05) is 0 Å². The highest BCUT2D eigenvalue weighted by Crippen LogP contribution is 2.37. The van der Waals surface area contributed by atoms with Gasteiger partial charge in [-0.05, 0) is 12.1 Å². The van der Waals surface area contributed by atoms with E-state index in [1.165, 1.54) is 18.3 Å². The molecule has 0 bridgehead atoms. The summed E-state index contributed by atoms with van der Waals surface area (Å²) in [6.07, 6.45) is 1.24. The summed E-state index contributed by atoms with van der Waals surface area (Å²) in [7, 11) is 0. The van der Waals surface area contributed by atoms with Crippen LogP contribution >= 0.6 is 24.2 Å². The lowest BCUT2D eigenvalue weighted by atomic mass is 10.0. The highest BCUT2D eigenvalue weighted by Gasteiger charge is 2.32. The molecule has 0 saturated carbocycles. The standard InChI is InChI=1S/C11H12F3N3OS.ClH/c12-11(13,14)19-10-8(2-1-3-16-10)9(18)17-6-7-4-15-5-7;/h1-3,7,15H,4-6H2,(H,17,18);1H. The number of aromatic nitrogens is 1. The third-order valence-corrected chi connectivity index (χ3v) is 3.40. The van der Waals surface area contributed by atoms with Crippen molar-refractivity contribution in [2.45, 2.75) is 10.5 Å². The van der Waals surface area contributed by atoms with Crippen molar-refractivity contribution in [1.82, 2.24) is 15.6 Å². The maximum absolute atomic E-state index is 12.3. The summed E-state index contributed by atoms with van der Waals surface area (Å²) in [5.74, 6) is -0.175. The summed E-state index contributed by atoms with van der Waals surface area (Å²) in [5.41, 5.74) is -4.50. The Hall–Kier alpha value is -0.990. The van der Waals surface area contributed by atoms with Crippen LogP contribution in [0.15, 0.2) is 23.4 Å². The summed E-state index contributed by atoms with van der Waals surface area (Å²) in [4.78, 5) is 15.5. The van der Waals surface area contributed by atoms with E-state index in [1.807, 2.05) is 0 Å². The third kappa shape index (κ3) is 4.84. The molecule has 4 nitrogen and oxygen atoms in total. The van der Waals surface area contributed by atoms with Gasteiger partial charge in [-0.3, -0.25) is 4.79 Å². The summed E-state index contributed by atoms with van der Waals surface area (Å²) in [6.45, 7) is 2.09. The Morgan fingerprint density at radius 2 is 2.20 bits per heavy atom. The minimum atomic E-state index is -4.46. The Kier molecular flexibility index (Phi) is 6.09. The van der Waals surface area contributed by atoms with Gasteiger partial charge in [0.15, 0.2) is 0 Å². The van der Waals surface area contributed by atoms with Gasteiger partial charge in [0.25, 0.3) is 5.91 Å². The Bertz CT molecular complexity index is 468. The predicted octanol–water partition coefficient (Wildman–Crippen LogP) is 2.06. The van der Waals surface area contributed by atoms with Crippen LogP contribution in [0.25, 0.3) is 0 Å². The van der Waals surface area contributed by atoms with Crippen molar-refractivity contribution < 1.29 is 18.0 Å². The van der Waals surface area contributed by atoms with Crippen LogP contribution < -0.4 is 10.6 Å². The molecule has 0 atom stereocenters. The Balaban J connectivity index is 0.00000200. The van der Waals surface area contributed by atoms with E-state index >= 15 is 0 Å². The van der Waals surface area contributed by atoms with Gasteiger partial charge in [-0.2, -0.15) is 13.2 Å². The number of halogens is 4. The number of hydrogen-bond acceptors (Lipinski definition) is 4. The SMILES string of the molecule is Cl.O=C(NCC1CNC1)c1cccnc1SC(F)(F)F. The van der Waals surface area contributed by atoms with E-state index in [0.717, 1.165) is 13.1 Å². The van der Waals surface area contributed by atoms with Crippen LogP contribution in [0.4, 0.5) is 13.2 Å². The zero-order valence-electron chi connectivity index (χ0n) is 10.2. The van der Waals surface area contributed by atoms with Crippen molar-refractivity contribution in [2.75, 3.05) is 19.6 Å². The molecule has 1 fully saturated rings. The van der Waals surface area contributed by atoms with Gasteiger partial charge >= 0.3 is 5.51 Å². The average molecular weight is 328 g/mol. The molecule has 2 rings (SSSR count). The molecule has 9 heteroatoms. The van der Waals surface area contributed by atoms with Crippen molar-refractivity contribution in [3.63, 3.8) is 0 Å². The lowest BCUT2D eigenvalue weighted by Gasteiger charge is -2.27. The Labute approximate surface area is 124 Å². The van der Waals surface area contributed by atoms with Crippen LogP contribution in [-0.4, -0.2) is 36.0 Å². The molecule has 1 amide bonds. The number of pyridine rings is 1. The van der Waals surface area contributed by atoms with Crippen LogP contribution in [0.3, 0.4) is 0 Å². The fraction of sp³-hybridized carbons (Fsp3) is 0.455. The summed E-state index contributed by atoms with van der Waals surface area (Å²) >= 11 is -0.375. The first-order valence-electron chi connectivity index (χ1n) is 5.65. The molecule has 20 heavy (non-hydrogen) atoms. The highest BCUT2D eigenvalue weighted by molar-refractivity contribution is 8.00. The van der Waals surface area contributed by atoms with Crippen molar-refractivity contribution in [3.8, 4) is 0 Å². The number of amides is 1. The van der Waals surface area contributed by atoms with Crippen LogP contribution in [0.5, 0.6) is 0 Å². The Morgan fingerprint density at radius 1 is 1.50 bits per heavy atom. The summed E-state index contributed by atoms with van der Waals surface area (Å²) < 4.78 is 37.0. The molecule has 0 unspecified atom stereocenters. The molecule has 1 aromatic rings. The molecule has 1 aromatic heterocycles. The largest absolute Gasteiger partial charge is 0.447 e. The maximum Gasteiger partial charge on any atom is 0.447 e. The van der Waals surface area contributed by atoms with Gasteiger partial charge < -0.3 is 10.6 Å². The van der Waals surface area contributed by atoms with E-state index in [9.17, 15) is 18.0 Å². The van der Waals surface area contributed by atoms with Crippen LogP contribution in [0.1, 0.15) is 10.4 Å². The topological polar surface area (TPSA) is 54.0 Å². The summed E-state index contributed by atoms with van der Waals surface area (Å²) in [6, 6.07) is 2.79. The molecule has 112 valence electrons. The average Bonchev–Trinajstić information content (AvgIpc) is 2.25. The van der Waals surface area contributed by atoms with E-state index in [2.05, 4.69) is 15.6 Å². The van der Waals surface area contributed by atoms with Gasteiger partial charge in [0, 0.05) is 43.5 Å². The van der Waals surface area contributed by atoms with E-state index in [4.69, 9.17) is 0 Å². The first kappa shape index (κ1) is 17.1. The second-order valence-corrected chi connectivity index (χ2v) is 5.19. The lowest BCUT2D eigenvalue weighted by Crippen LogP contribution is -2.48. The molecule has 1 aliphatic rings. The highest BCUT2D eigenvalue weighted by atomic mass is 35.5. The number of carbonyl (C=O) groups excluding carboxylic acids is 1. The maximum atomic E-state index is 12.3. The lowest BCUT2D eigenvalue weighted by molar-refractivity contribution is -0.0329. The number of nitrogens with zero attached hydrogens (tertiary/aromatic N) is 1. The fourth-order valence-electron chi connectivity index (χ4n) is 1.58. The number of carbonyl (C=O) groups is 1. The molecule has 0 radical (unpaired) electrons. The van der Waals surface area contributed by atoms with Crippen LogP contribution in [-0.2, 0) is 0 Å². The van der Waals surface area contributed by atoms with E-state index in [0.29, 0.717) is 12.5 Å². The first-order chi connectivity index (χ1) is 8.96. The van der Waals surface area contributed by atoms with Crippen LogP contribution in [0, 0.1) is 5.92 Å². The Morgan fingerprint density at radius 3 is 2.75 bits per heavy atom. The molecular formula is C11H13ClF3N3OS. The molecule has 1 aliphatic heterocycles. The van der Waals surface area contributed by atoms with Crippen molar-refractivity contribution in [2.24, 2.45) is 5.92 Å². The van der Waals surface area contributed by atoms with Crippen molar-refractivity contribution >= 4 is 30.1 Å². The molecule has 0 aromatic carbocycles. The van der Waals surface area contributed by atoms with Gasteiger partial charge in [-0.25, -0.2) is 4.98 Å². The zero-order chi connectivity index (χ0) is 13.9. The van der Waals surface area contributed by atoms with E-state index < -0.39 is 11.4 Å². The quantitative estimate of drug-likeness (QED) is 0.831. The number of nitrogens with one attached hydrogen (secondary N) is 2. The van der Waals surface area contributed by atoms with Crippen molar-refractivity contribution in [1.29, 1.82) is 0 Å².